The fraction of sp³-hybridized carbons (Fsp3) is 0.424. The molecule has 1 aliphatic heterocycles. The molecule has 6 rings (SSSR count). The number of H-pyrrole nitrogens is 1. The van der Waals surface area contributed by atoms with Crippen LogP contribution in [0.5, 0.6) is 11.5 Å². The summed E-state index contributed by atoms with van der Waals surface area (Å²) in [6.07, 6.45) is 9.66. The van der Waals surface area contributed by atoms with E-state index in [1.54, 1.807) is 13.3 Å². The van der Waals surface area contributed by atoms with Gasteiger partial charge in [-0.25, -0.2) is 9.97 Å². The van der Waals surface area contributed by atoms with Gasteiger partial charge in [0.05, 0.1) is 30.6 Å². The van der Waals surface area contributed by atoms with Crippen molar-refractivity contribution in [1.82, 2.24) is 25.2 Å². The Labute approximate surface area is 257 Å². The van der Waals surface area contributed by atoms with Gasteiger partial charge in [0.2, 0.25) is 6.41 Å². The number of benzene rings is 2. The van der Waals surface area contributed by atoms with Crippen LogP contribution in [0.15, 0.2) is 54.7 Å². The van der Waals surface area contributed by atoms with Gasteiger partial charge < -0.3 is 25.1 Å². The number of fused-ring (bicyclic) bond motifs is 1. The summed E-state index contributed by atoms with van der Waals surface area (Å²) in [5.74, 6) is 2.41. The van der Waals surface area contributed by atoms with Crippen molar-refractivity contribution in [3.8, 4) is 22.9 Å². The van der Waals surface area contributed by atoms with Crippen molar-refractivity contribution in [1.29, 1.82) is 0 Å². The fourth-order valence-electron chi connectivity index (χ4n) is 6.36. The van der Waals surface area contributed by atoms with E-state index < -0.39 is 0 Å². The Kier molecular flexibility index (Phi) is 9.00. The molecule has 1 saturated heterocycles. The third-order valence-corrected chi connectivity index (χ3v) is 9.16. The number of imidazole rings is 1. The molecule has 0 radical (unpaired) electrons. The normalized spacial score (nSPS) is 17.2. The number of methoxy groups -OCH3 is 1. The second-order valence-electron chi connectivity index (χ2n) is 11.7. The van der Waals surface area contributed by atoms with Crippen molar-refractivity contribution < 1.29 is 14.3 Å². The molecule has 2 aliphatic rings. The SMILES string of the molecule is COc1ccc(CN2CCC(Nc3c(Cl)cnc4nc(-c5ccc(OCCC6(NC=O)CCCC6)cc5)[nH]c34)CC2)cc1. The monoisotopic (exact) mass is 602 g/mol. The highest BCUT2D eigenvalue weighted by atomic mass is 35.5. The van der Waals surface area contributed by atoms with E-state index in [0.29, 0.717) is 23.3 Å². The predicted octanol–water partition coefficient (Wildman–Crippen LogP) is 6.19. The van der Waals surface area contributed by atoms with E-state index in [-0.39, 0.29) is 5.54 Å². The molecule has 2 fully saturated rings. The lowest BCUT2D eigenvalue weighted by atomic mass is 9.94. The molecule has 43 heavy (non-hydrogen) atoms. The van der Waals surface area contributed by atoms with Crippen molar-refractivity contribution in [2.45, 2.75) is 63.1 Å². The number of halogens is 1. The highest BCUT2D eigenvalue weighted by Gasteiger charge is 2.33. The van der Waals surface area contributed by atoms with E-state index in [0.717, 1.165) is 105 Å². The topological polar surface area (TPSA) is 104 Å². The van der Waals surface area contributed by atoms with E-state index in [4.69, 9.17) is 26.1 Å². The maximum Gasteiger partial charge on any atom is 0.207 e. The number of aromatic nitrogens is 3. The molecule has 3 N–H and O–H groups in total. The van der Waals surface area contributed by atoms with Gasteiger partial charge in [0.25, 0.3) is 0 Å². The summed E-state index contributed by atoms with van der Waals surface area (Å²) in [5.41, 5.74) is 4.40. The first-order valence-corrected chi connectivity index (χ1v) is 15.5. The Hall–Kier alpha value is -3.82. The van der Waals surface area contributed by atoms with Crippen molar-refractivity contribution in [3.63, 3.8) is 0 Å². The summed E-state index contributed by atoms with van der Waals surface area (Å²) >= 11 is 6.65. The minimum Gasteiger partial charge on any atom is -0.497 e. The molecule has 9 nitrogen and oxygen atoms in total. The first-order chi connectivity index (χ1) is 21.0. The van der Waals surface area contributed by atoms with Gasteiger partial charge in [-0.1, -0.05) is 36.6 Å². The van der Waals surface area contributed by atoms with Crippen LogP contribution in [0.25, 0.3) is 22.6 Å². The van der Waals surface area contributed by atoms with Crippen LogP contribution in [0.1, 0.15) is 50.5 Å². The van der Waals surface area contributed by atoms with Gasteiger partial charge >= 0.3 is 0 Å². The number of nitrogens with zero attached hydrogens (tertiary/aromatic N) is 3. The van der Waals surface area contributed by atoms with Crippen LogP contribution in [0.3, 0.4) is 0 Å². The van der Waals surface area contributed by atoms with Crippen LogP contribution in [0.2, 0.25) is 5.02 Å². The van der Waals surface area contributed by atoms with E-state index in [1.165, 1.54) is 5.56 Å². The average molecular weight is 603 g/mol. The maximum absolute atomic E-state index is 11.1. The van der Waals surface area contributed by atoms with Gasteiger partial charge in [0, 0.05) is 43.2 Å². The number of likely N-dealkylation sites (tertiary alicyclic amines) is 1. The molecule has 10 heteroatoms. The largest absolute Gasteiger partial charge is 0.497 e. The van der Waals surface area contributed by atoms with Gasteiger partial charge in [0.1, 0.15) is 22.8 Å². The Morgan fingerprint density at radius 3 is 2.49 bits per heavy atom. The summed E-state index contributed by atoms with van der Waals surface area (Å²) in [7, 11) is 1.69. The number of hydrogen-bond acceptors (Lipinski definition) is 7. The molecular weight excluding hydrogens is 564 g/mol. The van der Waals surface area contributed by atoms with Gasteiger partial charge in [0.15, 0.2) is 5.65 Å². The second-order valence-corrected chi connectivity index (χ2v) is 12.1. The number of anilines is 1. The lowest BCUT2D eigenvalue weighted by Crippen LogP contribution is -2.43. The van der Waals surface area contributed by atoms with E-state index in [2.05, 4.69) is 37.6 Å². The average Bonchev–Trinajstić information content (AvgIpc) is 3.68. The lowest BCUT2D eigenvalue weighted by Gasteiger charge is -2.33. The van der Waals surface area contributed by atoms with Gasteiger partial charge in [-0.05, 0) is 67.6 Å². The zero-order valence-electron chi connectivity index (χ0n) is 24.6. The number of pyridine rings is 1. The highest BCUT2D eigenvalue weighted by molar-refractivity contribution is 6.34. The van der Waals surface area contributed by atoms with Crippen molar-refractivity contribution in [2.75, 3.05) is 32.1 Å². The molecule has 4 aromatic rings. The molecule has 0 bridgehead atoms. The minimum absolute atomic E-state index is 0.121. The molecule has 0 atom stereocenters. The molecule has 3 heterocycles. The third-order valence-electron chi connectivity index (χ3n) is 8.88. The van der Waals surface area contributed by atoms with Gasteiger partial charge in [-0.2, -0.15) is 0 Å². The Morgan fingerprint density at radius 1 is 1.07 bits per heavy atom. The molecule has 2 aromatic heterocycles. The summed E-state index contributed by atoms with van der Waals surface area (Å²) in [5, 5.41) is 7.31. The Morgan fingerprint density at radius 2 is 1.79 bits per heavy atom. The Bertz CT molecular complexity index is 1510. The zero-order chi connectivity index (χ0) is 29.6. The molecule has 0 unspecified atom stereocenters. The molecule has 226 valence electrons. The fourth-order valence-corrected chi connectivity index (χ4v) is 6.55. The summed E-state index contributed by atoms with van der Waals surface area (Å²) in [6.45, 7) is 3.51. The number of rotatable bonds is 12. The first kappa shape index (κ1) is 29.3. The van der Waals surface area contributed by atoms with Crippen molar-refractivity contribution in [3.05, 3.63) is 65.3 Å². The minimum atomic E-state index is -0.121. The third kappa shape index (κ3) is 6.89. The summed E-state index contributed by atoms with van der Waals surface area (Å²) < 4.78 is 11.3. The standard InChI is InChI=1S/C33H39ClN6O3/c1-42-26-8-4-23(5-9-26)21-40-17-12-25(13-18-40)37-29-28(34)20-35-32-30(29)38-31(39-32)24-6-10-27(11-7-24)43-19-16-33(36-22-41)14-2-3-15-33/h4-11,20,22,25H,2-3,12-19,21H2,1H3,(H,36,41)(H2,35,37,38,39). The summed E-state index contributed by atoms with van der Waals surface area (Å²) in [6, 6.07) is 16.5. The Balaban J connectivity index is 1.07. The quantitative estimate of drug-likeness (QED) is 0.166. The van der Waals surface area contributed by atoms with Crippen LogP contribution >= 0.6 is 11.6 Å². The number of amides is 1. The number of carbonyl (C=O) groups excluding carboxylic acids is 1. The smallest absolute Gasteiger partial charge is 0.207 e. The molecule has 2 aromatic carbocycles. The number of ether oxygens (including phenoxy) is 2. The van der Waals surface area contributed by atoms with Crippen LogP contribution in [0.4, 0.5) is 5.69 Å². The predicted molar refractivity (Wildman–Crippen MR) is 170 cm³/mol. The molecule has 1 saturated carbocycles. The van der Waals surface area contributed by atoms with Crippen LogP contribution < -0.4 is 20.1 Å². The number of nitrogens with one attached hydrogen (secondary N) is 3. The first-order valence-electron chi connectivity index (χ1n) is 15.1. The van der Waals surface area contributed by atoms with E-state index in [1.807, 2.05) is 36.4 Å². The molecule has 1 amide bonds. The van der Waals surface area contributed by atoms with Crippen LogP contribution in [-0.2, 0) is 11.3 Å². The number of aromatic amines is 1. The van der Waals surface area contributed by atoms with Crippen molar-refractivity contribution in [2.24, 2.45) is 0 Å². The number of carbonyl (C=O) groups is 1. The number of piperidine rings is 1. The van der Waals surface area contributed by atoms with Crippen LogP contribution in [-0.4, -0.2) is 64.6 Å². The summed E-state index contributed by atoms with van der Waals surface area (Å²) in [4.78, 5) is 26.3. The molecular formula is C33H39ClN6O3. The van der Waals surface area contributed by atoms with E-state index >= 15 is 0 Å². The highest BCUT2D eigenvalue weighted by Crippen LogP contribution is 2.34. The zero-order valence-corrected chi connectivity index (χ0v) is 25.3. The van der Waals surface area contributed by atoms with E-state index in [9.17, 15) is 4.79 Å². The number of hydrogen-bond donors (Lipinski definition) is 3. The molecule has 0 spiro atoms. The van der Waals surface area contributed by atoms with Gasteiger partial charge in [-0.15, -0.1) is 0 Å². The van der Waals surface area contributed by atoms with Crippen molar-refractivity contribution >= 4 is 34.9 Å². The maximum atomic E-state index is 11.1. The van der Waals surface area contributed by atoms with Gasteiger partial charge in [-0.3, -0.25) is 9.69 Å². The second kappa shape index (κ2) is 13.2. The van der Waals surface area contributed by atoms with Crippen LogP contribution in [0, 0.1) is 0 Å². The lowest BCUT2D eigenvalue weighted by molar-refractivity contribution is -0.111. The molecule has 1 aliphatic carbocycles.